The van der Waals surface area contributed by atoms with Crippen LogP contribution in [0.4, 0.5) is 11.4 Å². The van der Waals surface area contributed by atoms with Crippen LogP contribution in [-0.2, 0) is 24.8 Å². The fraction of sp³-hybridized carbons (Fsp3) is 0.269. The highest BCUT2D eigenvalue weighted by molar-refractivity contribution is 6.33. The summed E-state index contributed by atoms with van der Waals surface area (Å²) < 4.78 is 7.14. The Bertz CT molecular complexity index is 1330. The summed E-state index contributed by atoms with van der Waals surface area (Å²) >= 11 is 6.44. The molecular formula is C26H28ClN5O2. The van der Waals surface area contributed by atoms with E-state index in [1.165, 1.54) is 0 Å². The SMILES string of the molecule is COc1nn(C)c2nc(C)c(CCC(=O)Nc3ccc(NCc4ccccc4)c(Cl)c3)c(C)c12. The van der Waals surface area contributed by atoms with Gasteiger partial charge in [-0.2, -0.15) is 0 Å². The molecule has 4 aromatic rings. The van der Waals surface area contributed by atoms with Gasteiger partial charge >= 0.3 is 0 Å². The van der Waals surface area contributed by atoms with Crippen molar-refractivity contribution in [2.75, 3.05) is 17.7 Å². The van der Waals surface area contributed by atoms with Gasteiger partial charge in [0.15, 0.2) is 5.65 Å². The first-order chi connectivity index (χ1) is 16.4. The molecular weight excluding hydrogens is 450 g/mol. The van der Waals surface area contributed by atoms with E-state index in [1.54, 1.807) is 17.9 Å². The molecule has 2 N–H and O–H groups in total. The third-order valence-corrected chi connectivity index (χ3v) is 6.21. The number of amides is 1. The Morgan fingerprint density at radius 3 is 2.62 bits per heavy atom. The monoisotopic (exact) mass is 477 g/mol. The molecule has 0 fully saturated rings. The van der Waals surface area contributed by atoms with Crippen molar-refractivity contribution in [2.24, 2.45) is 7.05 Å². The third-order valence-electron chi connectivity index (χ3n) is 5.90. The normalized spacial score (nSPS) is 11.0. The second kappa shape index (κ2) is 10.1. The van der Waals surface area contributed by atoms with E-state index in [0.717, 1.165) is 39.1 Å². The lowest BCUT2D eigenvalue weighted by atomic mass is 10.00. The van der Waals surface area contributed by atoms with Crippen LogP contribution in [0, 0.1) is 13.8 Å². The van der Waals surface area contributed by atoms with E-state index in [0.29, 0.717) is 36.0 Å². The number of rotatable bonds is 8. The van der Waals surface area contributed by atoms with Gasteiger partial charge in [0.2, 0.25) is 11.8 Å². The minimum Gasteiger partial charge on any atom is -0.479 e. The van der Waals surface area contributed by atoms with E-state index >= 15 is 0 Å². The van der Waals surface area contributed by atoms with Crippen LogP contribution in [0.3, 0.4) is 0 Å². The van der Waals surface area contributed by atoms with E-state index < -0.39 is 0 Å². The summed E-state index contributed by atoms with van der Waals surface area (Å²) in [5.74, 6) is 0.460. The lowest BCUT2D eigenvalue weighted by Crippen LogP contribution is -2.13. The number of nitrogens with one attached hydrogen (secondary N) is 2. The molecule has 0 spiro atoms. The zero-order valence-electron chi connectivity index (χ0n) is 19.8. The van der Waals surface area contributed by atoms with Crippen LogP contribution in [0.2, 0.25) is 5.02 Å². The average Bonchev–Trinajstić information content (AvgIpc) is 3.14. The number of nitrogens with zero attached hydrogens (tertiary/aromatic N) is 3. The number of benzene rings is 2. The van der Waals surface area contributed by atoms with Gasteiger partial charge in [-0.25, -0.2) is 9.67 Å². The second-order valence-electron chi connectivity index (χ2n) is 8.21. The summed E-state index contributed by atoms with van der Waals surface area (Å²) in [6.07, 6.45) is 0.887. The van der Waals surface area contributed by atoms with Crippen LogP contribution in [-0.4, -0.2) is 27.8 Å². The zero-order chi connectivity index (χ0) is 24.2. The first-order valence-corrected chi connectivity index (χ1v) is 11.5. The Hall–Kier alpha value is -3.58. The van der Waals surface area contributed by atoms with Crippen molar-refractivity contribution < 1.29 is 9.53 Å². The molecule has 0 aliphatic rings. The standard InChI is InChI=1S/C26H28ClN5O2/c1-16-20(17(2)29-25-24(16)26(34-4)31-32(25)3)11-13-23(33)30-19-10-12-22(21(27)14-19)28-15-18-8-6-5-7-9-18/h5-10,12,14,28H,11,13,15H2,1-4H3,(H,30,33). The Morgan fingerprint density at radius 1 is 1.15 bits per heavy atom. The van der Waals surface area contributed by atoms with E-state index in [2.05, 4.69) is 27.9 Å². The molecule has 7 nitrogen and oxygen atoms in total. The largest absolute Gasteiger partial charge is 0.479 e. The van der Waals surface area contributed by atoms with Gasteiger partial charge in [-0.1, -0.05) is 41.9 Å². The predicted octanol–water partition coefficient (Wildman–Crippen LogP) is 5.43. The van der Waals surface area contributed by atoms with Gasteiger partial charge in [-0.05, 0) is 55.2 Å². The fourth-order valence-corrected chi connectivity index (χ4v) is 4.35. The van der Waals surface area contributed by atoms with Crippen molar-refractivity contribution in [3.05, 3.63) is 75.9 Å². The number of hydrogen-bond donors (Lipinski definition) is 2. The molecule has 4 rings (SSSR count). The van der Waals surface area contributed by atoms with Gasteiger partial charge in [-0.3, -0.25) is 4.79 Å². The smallest absolute Gasteiger partial charge is 0.242 e. The zero-order valence-corrected chi connectivity index (χ0v) is 20.5. The number of carbonyl (C=O) groups is 1. The number of anilines is 2. The average molecular weight is 478 g/mol. The van der Waals surface area contributed by atoms with Crippen LogP contribution in [0.15, 0.2) is 48.5 Å². The number of methoxy groups -OCH3 is 1. The Kier molecular flexibility index (Phi) is 7.03. The highest BCUT2D eigenvalue weighted by Gasteiger charge is 2.18. The minimum absolute atomic E-state index is 0.0851. The quantitative estimate of drug-likeness (QED) is 0.353. The van der Waals surface area contributed by atoms with Crippen LogP contribution in [0.5, 0.6) is 5.88 Å². The number of hydrogen-bond acceptors (Lipinski definition) is 5. The summed E-state index contributed by atoms with van der Waals surface area (Å²) in [6, 6.07) is 15.6. The summed E-state index contributed by atoms with van der Waals surface area (Å²) in [5, 5.41) is 12.1. The molecule has 0 radical (unpaired) electrons. The van der Waals surface area contributed by atoms with Crippen LogP contribution >= 0.6 is 11.6 Å². The van der Waals surface area contributed by atoms with E-state index in [4.69, 9.17) is 21.3 Å². The molecule has 0 aliphatic carbocycles. The van der Waals surface area contributed by atoms with Crippen LogP contribution in [0.25, 0.3) is 11.0 Å². The predicted molar refractivity (Wildman–Crippen MR) is 137 cm³/mol. The molecule has 176 valence electrons. The lowest BCUT2D eigenvalue weighted by molar-refractivity contribution is -0.116. The van der Waals surface area contributed by atoms with Crippen LogP contribution in [0.1, 0.15) is 28.8 Å². The third kappa shape index (κ3) is 4.99. The maximum Gasteiger partial charge on any atom is 0.242 e. The fourth-order valence-electron chi connectivity index (χ4n) is 4.10. The Labute approximate surface area is 204 Å². The summed E-state index contributed by atoms with van der Waals surface area (Å²) in [5.41, 5.74) is 6.38. The van der Waals surface area contributed by atoms with E-state index in [-0.39, 0.29) is 5.91 Å². The molecule has 0 unspecified atom stereocenters. The van der Waals surface area contributed by atoms with Crippen molar-refractivity contribution in [1.29, 1.82) is 0 Å². The van der Waals surface area contributed by atoms with Crippen molar-refractivity contribution in [1.82, 2.24) is 14.8 Å². The van der Waals surface area contributed by atoms with Gasteiger partial charge in [-0.15, -0.1) is 5.10 Å². The van der Waals surface area contributed by atoms with Gasteiger partial charge in [0.05, 0.1) is 23.2 Å². The highest BCUT2D eigenvalue weighted by atomic mass is 35.5. The van der Waals surface area contributed by atoms with Gasteiger partial charge in [0, 0.05) is 31.4 Å². The summed E-state index contributed by atoms with van der Waals surface area (Å²) in [4.78, 5) is 17.4. The van der Waals surface area contributed by atoms with Gasteiger partial charge < -0.3 is 15.4 Å². The highest BCUT2D eigenvalue weighted by Crippen LogP contribution is 2.31. The maximum atomic E-state index is 12.7. The first-order valence-electron chi connectivity index (χ1n) is 11.1. The minimum atomic E-state index is -0.0851. The molecule has 0 saturated carbocycles. The number of pyridine rings is 1. The van der Waals surface area contributed by atoms with Gasteiger partial charge in [0.25, 0.3) is 0 Å². The number of aryl methyl sites for hydroxylation is 3. The topological polar surface area (TPSA) is 81.1 Å². The van der Waals surface area contributed by atoms with Crippen molar-refractivity contribution >= 4 is 39.9 Å². The lowest BCUT2D eigenvalue weighted by Gasteiger charge is -2.13. The number of ether oxygens (including phenoxy) is 1. The number of aromatic nitrogens is 3. The van der Waals surface area contributed by atoms with Gasteiger partial charge in [0.1, 0.15) is 0 Å². The molecule has 0 atom stereocenters. The summed E-state index contributed by atoms with van der Waals surface area (Å²) in [6.45, 7) is 4.65. The summed E-state index contributed by atoms with van der Waals surface area (Å²) in [7, 11) is 3.44. The Balaban J connectivity index is 1.40. The van der Waals surface area contributed by atoms with Crippen molar-refractivity contribution in [3.8, 4) is 5.88 Å². The molecule has 2 aromatic heterocycles. The van der Waals surface area contributed by atoms with E-state index in [9.17, 15) is 4.79 Å². The molecule has 2 aromatic carbocycles. The molecule has 0 bridgehead atoms. The molecule has 34 heavy (non-hydrogen) atoms. The molecule has 1 amide bonds. The van der Waals surface area contributed by atoms with Crippen LogP contribution < -0.4 is 15.4 Å². The number of halogens is 1. The number of fused-ring (bicyclic) bond motifs is 1. The van der Waals surface area contributed by atoms with E-state index in [1.807, 2.05) is 51.2 Å². The Morgan fingerprint density at radius 2 is 1.91 bits per heavy atom. The number of carbonyl (C=O) groups excluding carboxylic acids is 1. The first kappa shape index (κ1) is 23.6. The molecule has 8 heteroatoms. The molecule has 2 heterocycles. The maximum absolute atomic E-state index is 12.7. The second-order valence-corrected chi connectivity index (χ2v) is 8.62. The van der Waals surface area contributed by atoms with Crippen molar-refractivity contribution in [2.45, 2.75) is 33.2 Å². The molecule has 0 aliphatic heterocycles. The van der Waals surface area contributed by atoms with Crippen molar-refractivity contribution in [3.63, 3.8) is 0 Å². The molecule has 0 saturated heterocycles.